The topological polar surface area (TPSA) is 118 Å². The summed E-state index contributed by atoms with van der Waals surface area (Å²) < 4.78 is 62.3. The summed E-state index contributed by atoms with van der Waals surface area (Å²) in [6.07, 6.45) is 23.5. The fraction of sp³-hybridized carbons (Fsp3) is 1.00. The molecule has 0 unspecified atom stereocenters. The molecule has 35 heavy (non-hydrogen) atoms. The van der Waals surface area contributed by atoms with Gasteiger partial charge < -0.3 is 2.85 Å². The average Bonchev–Trinajstić information content (AvgIpc) is 2.72. The van der Waals surface area contributed by atoms with Crippen LogP contribution in [-0.2, 0) is 24.7 Å². The molecule has 0 atom stereocenters. The van der Waals surface area contributed by atoms with E-state index in [9.17, 15) is 16.8 Å². The molecule has 0 fully saturated rings. The fourth-order valence-corrected chi connectivity index (χ4v) is 4.42. The maximum atomic E-state index is 10.4. The molecular formula is C24H54Na2O7S2. The van der Waals surface area contributed by atoms with Crippen molar-refractivity contribution >= 4 is 20.5 Å². The molecule has 0 aromatic carbocycles. The first-order valence-corrected chi connectivity index (χ1v) is 16.2. The molecule has 11 heteroatoms. The van der Waals surface area contributed by atoms with Crippen LogP contribution in [0.3, 0.4) is 0 Å². The van der Waals surface area contributed by atoms with Gasteiger partial charge in [-0.3, -0.25) is 9.11 Å². The van der Waals surface area contributed by atoms with E-state index in [2.05, 4.69) is 18.0 Å². The first-order valence-electron chi connectivity index (χ1n) is 13.2. The van der Waals surface area contributed by atoms with Crippen LogP contribution >= 0.6 is 0 Å². The van der Waals surface area contributed by atoms with Gasteiger partial charge in [0.1, 0.15) is 0 Å². The molecular weight excluding hydrogens is 510 g/mol. The molecule has 0 spiro atoms. The van der Waals surface area contributed by atoms with Crippen LogP contribution in [-0.4, -0.2) is 38.3 Å². The molecule has 0 aliphatic rings. The molecule has 2 N–H and O–H groups in total. The van der Waals surface area contributed by atoms with Crippen molar-refractivity contribution in [2.24, 2.45) is 0 Å². The molecule has 206 valence electrons. The molecule has 0 saturated carbocycles. The van der Waals surface area contributed by atoms with Crippen molar-refractivity contribution in [1.82, 2.24) is 0 Å². The molecule has 0 radical (unpaired) electrons. The molecule has 0 aromatic heterocycles. The second-order valence-electron chi connectivity index (χ2n) is 8.90. The summed E-state index contributed by atoms with van der Waals surface area (Å²) in [5.74, 6) is -0.0799. The summed E-state index contributed by atoms with van der Waals surface area (Å²) in [6.45, 7) is 4.53. The Morgan fingerprint density at radius 2 is 0.800 bits per heavy atom. The molecule has 0 amide bonds. The van der Waals surface area contributed by atoms with Crippen molar-refractivity contribution in [1.29, 1.82) is 0 Å². The number of hydrogen-bond donors (Lipinski definition) is 2. The van der Waals surface area contributed by atoms with Crippen LogP contribution in [0.15, 0.2) is 0 Å². The smallest absolute Gasteiger partial charge is 1.00 e. The van der Waals surface area contributed by atoms with E-state index in [-0.39, 0.29) is 74.3 Å². The SMILES string of the molecule is CCCCCCCCCCCCOS(=O)(=O)O.CCCCCCCCCCCCS(=O)(=O)O.[H-].[H-].[Na+].[Na+]. The second-order valence-corrected chi connectivity index (χ2v) is 11.6. The van der Waals surface area contributed by atoms with Crippen LogP contribution in [0.4, 0.5) is 0 Å². The van der Waals surface area contributed by atoms with Gasteiger partial charge in [-0.05, 0) is 12.8 Å². The van der Waals surface area contributed by atoms with E-state index in [1.54, 1.807) is 0 Å². The zero-order chi connectivity index (χ0) is 25.3. The Morgan fingerprint density at radius 1 is 0.514 bits per heavy atom. The van der Waals surface area contributed by atoms with Crippen molar-refractivity contribution in [3.05, 3.63) is 0 Å². The van der Waals surface area contributed by atoms with E-state index in [1.165, 1.54) is 89.9 Å². The first-order chi connectivity index (χ1) is 15.6. The standard InChI is InChI=1S/C12H26O4S.C12H26O3S.2Na.2H/c1-2-3-4-5-6-7-8-9-10-11-12-16-17(13,14)15;1-2-3-4-5-6-7-8-9-10-11-12-16(13,14)15;;;;/h2-12H2,1H3,(H,13,14,15);2-12H2,1H3,(H,13,14,15);;;;/q;;2*+1;2*-1. The first kappa shape index (κ1) is 43.8. The van der Waals surface area contributed by atoms with Crippen molar-refractivity contribution in [3.8, 4) is 0 Å². The normalized spacial score (nSPS) is 11.2. The van der Waals surface area contributed by atoms with Crippen LogP contribution in [0.2, 0.25) is 0 Å². The summed E-state index contributed by atoms with van der Waals surface area (Å²) in [4.78, 5) is 0. The van der Waals surface area contributed by atoms with E-state index >= 15 is 0 Å². The Balaban J connectivity index is -0.000000117. The minimum atomic E-state index is -4.23. The largest absolute Gasteiger partial charge is 1.00 e. The predicted octanol–water partition coefficient (Wildman–Crippen LogP) is 1.75. The molecule has 7 nitrogen and oxygen atoms in total. The number of unbranched alkanes of at least 4 members (excludes halogenated alkanes) is 18. The fourth-order valence-electron chi connectivity index (χ4n) is 3.53. The summed E-state index contributed by atoms with van der Waals surface area (Å²) >= 11 is 0. The van der Waals surface area contributed by atoms with Gasteiger partial charge in [0.2, 0.25) is 0 Å². The third-order valence-electron chi connectivity index (χ3n) is 5.49. The monoisotopic (exact) mass is 564 g/mol. The third kappa shape index (κ3) is 49.3. The van der Waals surface area contributed by atoms with Crippen LogP contribution in [0.5, 0.6) is 0 Å². The maximum Gasteiger partial charge on any atom is 1.00 e. The van der Waals surface area contributed by atoms with E-state index in [0.29, 0.717) is 12.8 Å². The molecule has 0 aliphatic carbocycles. The molecule has 0 heterocycles. The summed E-state index contributed by atoms with van der Waals surface area (Å²) in [5.41, 5.74) is 0. The van der Waals surface area contributed by atoms with Crippen LogP contribution in [0.1, 0.15) is 145 Å². The number of rotatable bonds is 23. The van der Waals surface area contributed by atoms with E-state index in [0.717, 1.165) is 25.7 Å². The van der Waals surface area contributed by atoms with Gasteiger partial charge in [0, 0.05) is 0 Å². The van der Waals surface area contributed by atoms with Gasteiger partial charge in [-0.1, -0.05) is 129 Å². The van der Waals surface area contributed by atoms with E-state index < -0.39 is 20.5 Å². The van der Waals surface area contributed by atoms with Crippen LogP contribution in [0.25, 0.3) is 0 Å². The second kappa shape index (κ2) is 32.0. The summed E-state index contributed by atoms with van der Waals surface area (Å²) in [5, 5.41) is 0. The Labute approximate surface area is 265 Å². The van der Waals surface area contributed by atoms with Gasteiger partial charge in [-0.25, -0.2) is 4.18 Å². The third-order valence-corrected chi connectivity index (χ3v) is 6.76. The van der Waals surface area contributed by atoms with Gasteiger partial charge >= 0.3 is 69.5 Å². The Bertz CT molecular complexity index is 612. The van der Waals surface area contributed by atoms with Gasteiger partial charge in [-0.15, -0.1) is 0 Å². The molecule has 0 saturated heterocycles. The van der Waals surface area contributed by atoms with E-state index in [4.69, 9.17) is 9.11 Å². The van der Waals surface area contributed by atoms with Crippen molar-refractivity contribution < 1.29 is 92.1 Å². The maximum absolute atomic E-state index is 10.4. The van der Waals surface area contributed by atoms with Gasteiger partial charge in [0.05, 0.1) is 12.4 Å². The molecule has 0 aliphatic heterocycles. The quantitative estimate of drug-likeness (QED) is 0.110. The Hall–Kier alpha value is 1.78. The Kier molecular flexibility index (Phi) is 40.1. The molecule has 0 bridgehead atoms. The summed E-state index contributed by atoms with van der Waals surface area (Å²) in [6, 6.07) is 0. The zero-order valence-electron chi connectivity index (χ0n) is 25.3. The minimum absolute atomic E-state index is 0. The minimum Gasteiger partial charge on any atom is -1.00 e. The summed E-state index contributed by atoms with van der Waals surface area (Å²) in [7, 11) is -7.97. The molecule has 0 aromatic rings. The van der Waals surface area contributed by atoms with Crippen LogP contribution in [0, 0.1) is 0 Å². The van der Waals surface area contributed by atoms with E-state index in [1.807, 2.05) is 0 Å². The van der Waals surface area contributed by atoms with Crippen LogP contribution < -0.4 is 59.1 Å². The number of hydrogen-bond acceptors (Lipinski definition) is 5. The molecule has 0 rings (SSSR count). The van der Waals surface area contributed by atoms with Gasteiger partial charge in [-0.2, -0.15) is 16.8 Å². The van der Waals surface area contributed by atoms with Crippen molar-refractivity contribution in [3.63, 3.8) is 0 Å². The predicted molar refractivity (Wildman–Crippen MR) is 140 cm³/mol. The van der Waals surface area contributed by atoms with Gasteiger partial charge in [0.25, 0.3) is 10.1 Å². The average molecular weight is 565 g/mol. The van der Waals surface area contributed by atoms with Crippen molar-refractivity contribution in [2.45, 2.75) is 142 Å². The Morgan fingerprint density at radius 3 is 1.09 bits per heavy atom. The van der Waals surface area contributed by atoms with Crippen molar-refractivity contribution in [2.75, 3.05) is 12.4 Å². The van der Waals surface area contributed by atoms with Gasteiger partial charge in [0.15, 0.2) is 0 Å². The zero-order valence-corrected chi connectivity index (χ0v) is 28.9.